The molecule has 182 valence electrons. The zero-order valence-corrected chi connectivity index (χ0v) is 20.2. The number of hydrogen-bond donors (Lipinski definition) is 1. The molecule has 0 aromatic heterocycles. The van der Waals surface area contributed by atoms with Crippen molar-refractivity contribution in [3.05, 3.63) is 35.9 Å². The van der Waals surface area contributed by atoms with Crippen LogP contribution in [0.25, 0.3) is 0 Å². The Hall–Kier alpha value is -1.88. The van der Waals surface area contributed by atoms with Gasteiger partial charge >= 0.3 is 11.9 Å². The Bertz CT molecular complexity index is 601. The molecule has 0 saturated carbocycles. The third kappa shape index (κ3) is 15.9. The van der Waals surface area contributed by atoms with E-state index >= 15 is 0 Å². The molecule has 0 fully saturated rings. The van der Waals surface area contributed by atoms with Gasteiger partial charge in [-0.2, -0.15) is 0 Å². The molecule has 1 aromatic rings. The van der Waals surface area contributed by atoms with Crippen LogP contribution in [0.4, 0.5) is 0 Å². The normalized spacial score (nSPS) is 12.9. The van der Waals surface area contributed by atoms with Gasteiger partial charge < -0.3 is 14.6 Å². The Kier molecular flexibility index (Phi) is 16.4. The maximum atomic E-state index is 11.5. The van der Waals surface area contributed by atoms with E-state index in [1.807, 2.05) is 18.2 Å². The predicted octanol–water partition coefficient (Wildman–Crippen LogP) is 7.07. The Morgan fingerprint density at radius 1 is 0.812 bits per heavy atom. The molecule has 0 aliphatic heterocycles. The fourth-order valence-electron chi connectivity index (χ4n) is 3.95. The molecule has 0 aliphatic rings. The fraction of sp³-hybridized carbons (Fsp3) is 0.704. The molecule has 1 N–H and O–H groups in total. The summed E-state index contributed by atoms with van der Waals surface area (Å²) in [4.78, 5) is 22.3. The molecule has 2 unspecified atom stereocenters. The Morgan fingerprint density at radius 3 is 2.03 bits per heavy atom. The number of carboxylic acids is 1. The maximum Gasteiger partial charge on any atom is 0.303 e. The first-order valence-corrected chi connectivity index (χ1v) is 12.6. The van der Waals surface area contributed by atoms with Gasteiger partial charge in [0.15, 0.2) is 0 Å². The van der Waals surface area contributed by atoms with E-state index in [9.17, 15) is 9.59 Å². The van der Waals surface area contributed by atoms with Gasteiger partial charge in [-0.3, -0.25) is 9.59 Å². The van der Waals surface area contributed by atoms with Crippen LogP contribution in [-0.4, -0.2) is 29.3 Å². The molecule has 5 nitrogen and oxygen atoms in total. The van der Waals surface area contributed by atoms with Crippen molar-refractivity contribution in [3.8, 4) is 0 Å². The van der Waals surface area contributed by atoms with Crippen LogP contribution in [0.2, 0.25) is 0 Å². The average molecular weight is 449 g/mol. The molecular formula is C27H44O5. The molecule has 0 bridgehead atoms. The Balaban J connectivity index is 2.47. The van der Waals surface area contributed by atoms with Crippen LogP contribution in [0, 0.1) is 0 Å². The van der Waals surface area contributed by atoms with Crippen molar-refractivity contribution in [1.29, 1.82) is 0 Å². The lowest BCUT2D eigenvalue weighted by atomic mass is 10.00. The molecular weight excluding hydrogens is 404 g/mol. The molecule has 0 heterocycles. The number of aliphatic carboxylic acids is 1. The zero-order valence-electron chi connectivity index (χ0n) is 20.2. The number of carbonyl (C=O) groups is 2. The van der Waals surface area contributed by atoms with E-state index in [0.29, 0.717) is 25.9 Å². The van der Waals surface area contributed by atoms with Crippen LogP contribution in [0.15, 0.2) is 30.3 Å². The number of hydrogen-bond acceptors (Lipinski definition) is 4. The summed E-state index contributed by atoms with van der Waals surface area (Å²) >= 11 is 0. The third-order valence-electron chi connectivity index (χ3n) is 5.77. The second-order valence-electron chi connectivity index (χ2n) is 8.78. The van der Waals surface area contributed by atoms with E-state index in [1.165, 1.54) is 51.9 Å². The van der Waals surface area contributed by atoms with Crippen LogP contribution in [0.3, 0.4) is 0 Å². The smallest absolute Gasteiger partial charge is 0.303 e. The van der Waals surface area contributed by atoms with Gasteiger partial charge in [0.1, 0.15) is 6.10 Å². The van der Waals surface area contributed by atoms with E-state index in [2.05, 4.69) is 19.1 Å². The van der Waals surface area contributed by atoms with Crippen LogP contribution in [0.1, 0.15) is 109 Å². The van der Waals surface area contributed by atoms with E-state index in [0.717, 1.165) is 24.8 Å². The summed E-state index contributed by atoms with van der Waals surface area (Å²) in [5.74, 6) is -1.12. The summed E-state index contributed by atoms with van der Waals surface area (Å²) in [6.45, 7) is 4.24. The number of benzene rings is 1. The van der Waals surface area contributed by atoms with Gasteiger partial charge in [-0.15, -0.1) is 0 Å². The van der Waals surface area contributed by atoms with Gasteiger partial charge in [-0.05, 0) is 37.7 Å². The number of unbranched alkanes of at least 4 members (excludes halogenated alkanes) is 7. The monoisotopic (exact) mass is 448 g/mol. The summed E-state index contributed by atoms with van der Waals surface area (Å²) in [6.07, 6.45) is 13.9. The lowest BCUT2D eigenvalue weighted by molar-refractivity contribution is -0.147. The molecule has 2 atom stereocenters. The van der Waals surface area contributed by atoms with Gasteiger partial charge in [0, 0.05) is 13.3 Å². The van der Waals surface area contributed by atoms with Crippen molar-refractivity contribution in [2.24, 2.45) is 0 Å². The summed E-state index contributed by atoms with van der Waals surface area (Å²) in [7, 11) is 0. The highest BCUT2D eigenvalue weighted by Gasteiger charge is 2.17. The van der Waals surface area contributed by atoms with E-state index < -0.39 is 5.97 Å². The van der Waals surface area contributed by atoms with Gasteiger partial charge in [0.25, 0.3) is 0 Å². The fourth-order valence-corrected chi connectivity index (χ4v) is 3.95. The number of carbonyl (C=O) groups excluding carboxylic acids is 1. The van der Waals surface area contributed by atoms with Gasteiger partial charge in [-0.1, -0.05) is 88.6 Å². The first-order valence-electron chi connectivity index (χ1n) is 12.6. The van der Waals surface area contributed by atoms with Crippen molar-refractivity contribution in [2.75, 3.05) is 0 Å². The number of esters is 1. The van der Waals surface area contributed by atoms with Gasteiger partial charge in [-0.25, -0.2) is 0 Å². The molecule has 32 heavy (non-hydrogen) atoms. The quantitative estimate of drug-likeness (QED) is 0.171. The highest BCUT2D eigenvalue weighted by molar-refractivity contribution is 5.67. The van der Waals surface area contributed by atoms with Crippen molar-refractivity contribution in [3.63, 3.8) is 0 Å². The van der Waals surface area contributed by atoms with Crippen molar-refractivity contribution in [2.45, 2.75) is 123 Å². The lowest BCUT2D eigenvalue weighted by Gasteiger charge is -2.22. The highest BCUT2D eigenvalue weighted by atomic mass is 16.5. The van der Waals surface area contributed by atoms with E-state index in [1.54, 1.807) is 0 Å². The van der Waals surface area contributed by atoms with Crippen LogP contribution in [0.5, 0.6) is 0 Å². The summed E-state index contributed by atoms with van der Waals surface area (Å²) in [6, 6.07) is 10.2. The highest BCUT2D eigenvalue weighted by Crippen LogP contribution is 2.20. The molecule has 0 radical (unpaired) electrons. The topological polar surface area (TPSA) is 72.8 Å². The molecule has 0 spiro atoms. The van der Waals surface area contributed by atoms with Crippen LogP contribution < -0.4 is 0 Å². The van der Waals surface area contributed by atoms with Crippen LogP contribution >= 0.6 is 0 Å². The molecule has 0 amide bonds. The molecule has 1 aromatic carbocycles. The number of ether oxygens (including phenoxy) is 2. The van der Waals surface area contributed by atoms with Gasteiger partial charge in [0.2, 0.25) is 0 Å². The molecule has 0 aliphatic carbocycles. The Labute approximate surface area is 194 Å². The average Bonchev–Trinajstić information content (AvgIpc) is 2.76. The second kappa shape index (κ2) is 18.7. The van der Waals surface area contributed by atoms with Crippen LogP contribution in [-0.2, 0) is 25.7 Å². The third-order valence-corrected chi connectivity index (χ3v) is 5.77. The predicted molar refractivity (Wildman–Crippen MR) is 129 cm³/mol. The summed E-state index contributed by atoms with van der Waals surface area (Å²) in [5, 5.41) is 8.88. The van der Waals surface area contributed by atoms with E-state index in [4.69, 9.17) is 14.6 Å². The molecule has 0 saturated heterocycles. The lowest BCUT2D eigenvalue weighted by Crippen LogP contribution is -2.21. The Morgan fingerprint density at radius 2 is 1.41 bits per heavy atom. The molecule has 1 rings (SSSR count). The first-order chi connectivity index (χ1) is 15.5. The summed E-state index contributed by atoms with van der Waals surface area (Å²) in [5.41, 5.74) is 1.16. The standard InChI is InChI=1S/C27H44O5/c1-3-4-5-6-7-8-9-13-17-25(31-22-24-15-11-10-12-16-24)20-21-26(32-23(2)28)18-14-19-27(29)30/h10-12,15-16,25-26H,3-9,13-14,17-22H2,1-2H3,(H,29,30). The summed E-state index contributed by atoms with van der Waals surface area (Å²) < 4.78 is 11.7. The van der Waals surface area contributed by atoms with Crippen molar-refractivity contribution < 1.29 is 24.2 Å². The SMILES string of the molecule is CCCCCCCCCCC(CCC(CCCC(=O)O)OC(C)=O)OCc1ccccc1. The zero-order chi connectivity index (χ0) is 23.4. The van der Waals surface area contributed by atoms with E-state index in [-0.39, 0.29) is 24.6 Å². The minimum absolute atomic E-state index is 0.101. The first kappa shape index (κ1) is 28.2. The molecule has 5 heteroatoms. The van der Waals surface area contributed by atoms with Crippen molar-refractivity contribution in [1.82, 2.24) is 0 Å². The maximum absolute atomic E-state index is 11.5. The number of carboxylic acid groups (broad SMARTS) is 1. The number of rotatable bonds is 20. The minimum atomic E-state index is -0.814. The minimum Gasteiger partial charge on any atom is -0.481 e. The van der Waals surface area contributed by atoms with Gasteiger partial charge in [0.05, 0.1) is 12.7 Å². The van der Waals surface area contributed by atoms with Crippen molar-refractivity contribution >= 4 is 11.9 Å². The second-order valence-corrected chi connectivity index (χ2v) is 8.78. The largest absolute Gasteiger partial charge is 0.481 e.